The zero-order chi connectivity index (χ0) is 21.1. The molecular formula is C21H21N5O3S. The van der Waals surface area contributed by atoms with Crippen molar-refractivity contribution in [2.45, 2.75) is 0 Å². The molecule has 0 aromatic heterocycles. The zero-order valence-electron chi connectivity index (χ0n) is 16.4. The van der Waals surface area contributed by atoms with E-state index in [2.05, 4.69) is 27.2 Å². The Morgan fingerprint density at radius 1 is 1.13 bits per heavy atom. The summed E-state index contributed by atoms with van der Waals surface area (Å²) in [6.45, 7) is 3.47. The van der Waals surface area contributed by atoms with Gasteiger partial charge in [-0.25, -0.2) is 4.99 Å². The molecule has 0 bridgehead atoms. The van der Waals surface area contributed by atoms with Gasteiger partial charge in [0.1, 0.15) is 0 Å². The Morgan fingerprint density at radius 3 is 2.57 bits per heavy atom. The second kappa shape index (κ2) is 8.68. The lowest BCUT2D eigenvalue weighted by Crippen LogP contribution is -2.44. The van der Waals surface area contributed by atoms with Crippen molar-refractivity contribution in [3.05, 3.63) is 69.1 Å². The third-order valence-corrected chi connectivity index (χ3v) is 5.90. The van der Waals surface area contributed by atoms with E-state index in [1.54, 1.807) is 12.1 Å². The zero-order valence-corrected chi connectivity index (χ0v) is 17.3. The number of thioether (sulfide) groups is 1. The summed E-state index contributed by atoms with van der Waals surface area (Å²) in [4.78, 5) is 32.7. The first-order valence-corrected chi connectivity index (χ1v) is 10.4. The van der Waals surface area contributed by atoms with Crippen LogP contribution in [0.25, 0.3) is 6.08 Å². The molecule has 9 heteroatoms. The minimum atomic E-state index is -0.417. The average Bonchev–Trinajstić information content (AvgIpc) is 3.08. The lowest BCUT2D eigenvalue weighted by Gasteiger charge is -2.34. The molecule has 2 saturated heterocycles. The summed E-state index contributed by atoms with van der Waals surface area (Å²) in [7, 11) is 2.07. The molecule has 2 aliphatic rings. The first-order valence-electron chi connectivity index (χ1n) is 9.56. The van der Waals surface area contributed by atoms with Crippen molar-refractivity contribution in [2.24, 2.45) is 4.99 Å². The van der Waals surface area contributed by atoms with Crippen molar-refractivity contribution in [3.8, 4) is 0 Å². The molecule has 0 spiro atoms. The highest BCUT2D eigenvalue weighted by molar-refractivity contribution is 8.18. The number of rotatable bonds is 4. The maximum absolute atomic E-state index is 12.5. The molecule has 0 radical (unpaired) electrons. The first-order chi connectivity index (χ1) is 14.5. The monoisotopic (exact) mass is 423 g/mol. The van der Waals surface area contributed by atoms with Crippen LogP contribution in [0.15, 0.2) is 58.4 Å². The lowest BCUT2D eigenvalue weighted by atomic mass is 10.1. The fourth-order valence-corrected chi connectivity index (χ4v) is 4.18. The molecule has 8 nitrogen and oxygen atoms in total. The number of piperazine rings is 1. The van der Waals surface area contributed by atoms with Gasteiger partial charge in [-0.3, -0.25) is 14.9 Å². The van der Waals surface area contributed by atoms with E-state index in [0.717, 1.165) is 37.6 Å². The van der Waals surface area contributed by atoms with E-state index in [-0.39, 0.29) is 11.6 Å². The average molecular weight is 423 g/mol. The topological polar surface area (TPSA) is 91.1 Å². The number of nitrogens with zero attached hydrogens (tertiary/aromatic N) is 4. The van der Waals surface area contributed by atoms with E-state index >= 15 is 0 Å². The normalized spacial score (nSPS) is 20.0. The second-order valence-corrected chi connectivity index (χ2v) is 8.14. The number of amidine groups is 1. The summed E-state index contributed by atoms with van der Waals surface area (Å²) in [5.74, 6) is -0.259. The van der Waals surface area contributed by atoms with Gasteiger partial charge < -0.3 is 15.1 Å². The van der Waals surface area contributed by atoms with Gasteiger partial charge in [0, 0.05) is 49.6 Å². The number of amides is 1. The summed E-state index contributed by atoms with van der Waals surface area (Å²) in [6.07, 6.45) is 1.72. The van der Waals surface area contributed by atoms with Gasteiger partial charge in [0.15, 0.2) is 5.17 Å². The molecule has 2 aromatic carbocycles. The number of para-hydroxylation sites is 1. The van der Waals surface area contributed by atoms with Gasteiger partial charge in [0.05, 0.1) is 15.5 Å². The quantitative estimate of drug-likeness (QED) is 0.461. The molecule has 154 valence electrons. The highest BCUT2D eigenvalue weighted by atomic mass is 32.2. The molecule has 0 atom stereocenters. The fourth-order valence-electron chi connectivity index (χ4n) is 3.35. The number of nitrogens with one attached hydrogen (secondary N) is 1. The molecule has 2 aromatic rings. The van der Waals surface area contributed by atoms with E-state index in [0.29, 0.717) is 15.6 Å². The molecule has 0 unspecified atom stereocenters. The van der Waals surface area contributed by atoms with E-state index in [1.807, 2.05) is 30.3 Å². The number of nitro groups is 1. The fraction of sp³-hybridized carbons (Fsp3) is 0.238. The molecule has 2 heterocycles. The summed E-state index contributed by atoms with van der Waals surface area (Å²) >= 11 is 1.23. The third-order valence-electron chi connectivity index (χ3n) is 4.99. The van der Waals surface area contributed by atoms with Gasteiger partial charge in [-0.05, 0) is 43.1 Å². The van der Waals surface area contributed by atoms with Crippen LogP contribution in [0, 0.1) is 10.1 Å². The van der Waals surface area contributed by atoms with Crippen LogP contribution in [0.2, 0.25) is 0 Å². The van der Waals surface area contributed by atoms with E-state index < -0.39 is 4.92 Å². The lowest BCUT2D eigenvalue weighted by molar-refractivity contribution is -0.384. The third kappa shape index (κ3) is 4.52. The highest BCUT2D eigenvalue weighted by Gasteiger charge is 2.26. The molecule has 1 amide bonds. The number of likely N-dealkylation sites (N-methyl/N-ethyl adjacent to an activating group) is 1. The smallest absolute Gasteiger partial charge is 0.270 e. The van der Waals surface area contributed by atoms with Crippen molar-refractivity contribution >= 4 is 46.0 Å². The molecule has 1 N–H and O–H groups in total. The van der Waals surface area contributed by atoms with Crippen molar-refractivity contribution in [1.29, 1.82) is 0 Å². The Balaban J connectivity index is 1.66. The molecule has 0 saturated carbocycles. The molecule has 30 heavy (non-hydrogen) atoms. The molecule has 4 rings (SSSR count). The van der Waals surface area contributed by atoms with Crippen molar-refractivity contribution in [1.82, 2.24) is 10.2 Å². The van der Waals surface area contributed by atoms with Crippen LogP contribution in [0.4, 0.5) is 17.1 Å². The number of hydrogen-bond donors (Lipinski definition) is 1. The summed E-state index contributed by atoms with van der Waals surface area (Å²) in [5.41, 5.74) is 2.30. The number of carbonyl (C=O) groups excluding carboxylic acids is 1. The maximum atomic E-state index is 12.5. The Labute approximate surface area is 178 Å². The highest BCUT2D eigenvalue weighted by Crippen LogP contribution is 2.33. The molecule has 2 fully saturated rings. The Bertz CT molecular complexity index is 1030. The van der Waals surface area contributed by atoms with Crippen LogP contribution in [0.3, 0.4) is 0 Å². The van der Waals surface area contributed by atoms with Gasteiger partial charge in [-0.15, -0.1) is 0 Å². The summed E-state index contributed by atoms with van der Waals surface area (Å²) in [5, 5.41) is 14.6. The summed E-state index contributed by atoms with van der Waals surface area (Å²) < 4.78 is 0. The van der Waals surface area contributed by atoms with Gasteiger partial charge in [-0.2, -0.15) is 0 Å². The number of aliphatic imine (C=N–C) groups is 1. The Hall–Kier alpha value is -3.17. The number of benzene rings is 2. The van der Waals surface area contributed by atoms with Crippen LogP contribution in [0.1, 0.15) is 5.56 Å². The summed E-state index contributed by atoms with van der Waals surface area (Å²) in [6, 6.07) is 14.2. The number of hydrogen-bond acceptors (Lipinski definition) is 7. The molecule has 2 aliphatic heterocycles. The minimum Gasteiger partial charge on any atom is -0.368 e. The number of nitro benzene ring substituents is 1. The minimum absolute atomic E-state index is 0.00121. The van der Waals surface area contributed by atoms with E-state index in [4.69, 9.17) is 0 Å². The van der Waals surface area contributed by atoms with Crippen LogP contribution in [-0.4, -0.2) is 54.1 Å². The number of non-ortho nitro benzene ring substituents is 1. The Kier molecular flexibility index (Phi) is 5.82. The predicted octanol–water partition coefficient (Wildman–Crippen LogP) is 3.24. The van der Waals surface area contributed by atoms with Crippen LogP contribution in [-0.2, 0) is 4.79 Å². The number of anilines is 1. The predicted molar refractivity (Wildman–Crippen MR) is 120 cm³/mol. The van der Waals surface area contributed by atoms with Crippen LogP contribution in [0.5, 0.6) is 0 Å². The Morgan fingerprint density at radius 2 is 1.87 bits per heavy atom. The number of carbonyl (C=O) groups is 1. The SMILES string of the molecule is CN1CCN(c2ccc([N+](=O)[O-])cc2/C=C2\SC(=Nc3ccccc3)NC2=O)CC1. The van der Waals surface area contributed by atoms with E-state index in [9.17, 15) is 14.9 Å². The standard InChI is InChI=1S/C21H21N5O3S/c1-24-9-11-25(12-10-24)18-8-7-17(26(28)29)13-15(18)14-19-20(27)23-21(30-19)22-16-5-3-2-4-6-16/h2-8,13-14H,9-12H2,1H3,(H,22,23,27)/b19-14-. The van der Waals surface area contributed by atoms with Gasteiger partial charge >= 0.3 is 0 Å². The van der Waals surface area contributed by atoms with E-state index in [1.165, 1.54) is 23.9 Å². The van der Waals surface area contributed by atoms with Crippen LogP contribution < -0.4 is 10.2 Å². The first kappa shape index (κ1) is 20.1. The van der Waals surface area contributed by atoms with Gasteiger partial charge in [0.25, 0.3) is 11.6 Å². The van der Waals surface area contributed by atoms with Crippen LogP contribution >= 0.6 is 11.8 Å². The van der Waals surface area contributed by atoms with Gasteiger partial charge in [0.2, 0.25) is 0 Å². The van der Waals surface area contributed by atoms with Gasteiger partial charge in [-0.1, -0.05) is 18.2 Å². The van der Waals surface area contributed by atoms with Crippen molar-refractivity contribution in [2.75, 3.05) is 38.1 Å². The molecule has 0 aliphatic carbocycles. The van der Waals surface area contributed by atoms with Crippen molar-refractivity contribution in [3.63, 3.8) is 0 Å². The molecular weight excluding hydrogens is 402 g/mol. The largest absolute Gasteiger partial charge is 0.368 e. The van der Waals surface area contributed by atoms with Crippen molar-refractivity contribution < 1.29 is 9.72 Å². The maximum Gasteiger partial charge on any atom is 0.270 e. The second-order valence-electron chi connectivity index (χ2n) is 7.11.